The summed E-state index contributed by atoms with van der Waals surface area (Å²) >= 11 is 1.26. The quantitative estimate of drug-likeness (QED) is 0.384. The van der Waals surface area contributed by atoms with E-state index in [2.05, 4.69) is 25.8 Å². The third-order valence-electron chi connectivity index (χ3n) is 4.02. The molecule has 4 rings (SSSR count). The second-order valence-electron chi connectivity index (χ2n) is 5.99. The lowest BCUT2D eigenvalue weighted by atomic mass is 10.1. The zero-order chi connectivity index (χ0) is 20.2. The van der Waals surface area contributed by atoms with Gasteiger partial charge in [0.1, 0.15) is 6.33 Å². The highest BCUT2D eigenvalue weighted by Crippen LogP contribution is 2.27. The molecule has 0 aliphatic carbocycles. The fourth-order valence-corrected chi connectivity index (χ4v) is 3.37. The van der Waals surface area contributed by atoms with Crippen LogP contribution in [0.2, 0.25) is 0 Å². The normalized spacial score (nSPS) is 10.6. The molecule has 0 unspecified atom stereocenters. The number of amides is 1. The molecule has 2 aromatic heterocycles. The minimum Gasteiger partial charge on any atom is -0.302 e. The predicted octanol–water partition coefficient (Wildman–Crippen LogP) is 2.88. The molecule has 29 heavy (non-hydrogen) atoms. The molecule has 0 atom stereocenters. The van der Waals surface area contributed by atoms with E-state index in [4.69, 9.17) is 0 Å². The molecular weight excluding hydrogens is 394 g/mol. The Morgan fingerprint density at radius 1 is 1.21 bits per heavy atom. The van der Waals surface area contributed by atoms with E-state index in [0.717, 1.165) is 11.3 Å². The molecule has 0 radical (unpaired) electrons. The van der Waals surface area contributed by atoms with Crippen molar-refractivity contribution in [2.24, 2.45) is 0 Å². The van der Waals surface area contributed by atoms with Gasteiger partial charge in [-0.2, -0.15) is 0 Å². The molecule has 2 heterocycles. The third-order valence-corrected chi connectivity index (χ3v) is 4.78. The molecular formula is C18H13N7O3S. The minimum absolute atomic E-state index is 0.00814. The minimum atomic E-state index is -0.455. The zero-order valence-electron chi connectivity index (χ0n) is 14.8. The molecule has 0 bridgehead atoms. The number of anilines is 1. The summed E-state index contributed by atoms with van der Waals surface area (Å²) in [6.07, 6.45) is 1.67. The first-order valence-electron chi connectivity index (χ1n) is 8.41. The fraction of sp³-hybridized carbons (Fsp3) is 0.0556. The number of nitro groups is 1. The molecule has 1 amide bonds. The average molecular weight is 407 g/mol. The van der Waals surface area contributed by atoms with Gasteiger partial charge in [-0.3, -0.25) is 14.9 Å². The molecule has 1 N–H and O–H groups in total. The molecule has 4 aromatic rings. The van der Waals surface area contributed by atoms with Crippen LogP contribution in [0, 0.1) is 10.1 Å². The first-order valence-corrected chi connectivity index (χ1v) is 9.29. The number of carbonyl (C=O) groups excluding carboxylic acids is 1. The lowest BCUT2D eigenvalue weighted by molar-refractivity contribution is -0.384. The largest absolute Gasteiger partial charge is 0.302 e. The van der Waals surface area contributed by atoms with Gasteiger partial charge in [0, 0.05) is 23.1 Å². The van der Waals surface area contributed by atoms with Gasteiger partial charge in [0.2, 0.25) is 5.91 Å². The molecule has 2 aromatic carbocycles. The number of carbonyl (C=O) groups is 1. The molecule has 0 saturated heterocycles. The van der Waals surface area contributed by atoms with Gasteiger partial charge < -0.3 is 5.32 Å². The highest BCUT2D eigenvalue weighted by Gasteiger charge is 2.12. The molecule has 10 nitrogen and oxygen atoms in total. The van der Waals surface area contributed by atoms with Crippen LogP contribution in [0.5, 0.6) is 0 Å². The number of rotatable bonds is 6. The van der Waals surface area contributed by atoms with Crippen LogP contribution >= 0.6 is 11.3 Å². The van der Waals surface area contributed by atoms with Gasteiger partial charge in [0.05, 0.1) is 22.7 Å². The molecule has 11 heteroatoms. The number of benzene rings is 2. The number of tetrazole rings is 1. The Hall–Kier alpha value is -3.99. The smallest absolute Gasteiger partial charge is 0.270 e. The average Bonchev–Trinajstić information content (AvgIpc) is 3.41. The summed E-state index contributed by atoms with van der Waals surface area (Å²) in [4.78, 5) is 27.1. The van der Waals surface area contributed by atoms with Crippen LogP contribution in [0.25, 0.3) is 16.9 Å². The number of nitrogens with one attached hydrogen (secondary N) is 1. The topological polar surface area (TPSA) is 129 Å². The van der Waals surface area contributed by atoms with Crippen molar-refractivity contribution < 1.29 is 9.72 Å². The summed E-state index contributed by atoms with van der Waals surface area (Å²) < 4.78 is 1.52. The highest BCUT2D eigenvalue weighted by molar-refractivity contribution is 7.14. The SMILES string of the molecule is O=C(Cc1ccc(-n2cnnn2)cc1)Nc1nc(-c2cccc([N+](=O)[O-])c2)cs1. The number of non-ortho nitro benzene ring substituents is 1. The van der Waals surface area contributed by atoms with Crippen LogP contribution in [0.15, 0.2) is 60.2 Å². The Bertz CT molecular complexity index is 1160. The molecule has 0 saturated carbocycles. The van der Waals surface area contributed by atoms with Gasteiger partial charge in [-0.25, -0.2) is 9.67 Å². The van der Waals surface area contributed by atoms with E-state index in [1.807, 2.05) is 24.3 Å². The van der Waals surface area contributed by atoms with E-state index >= 15 is 0 Å². The van der Waals surface area contributed by atoms with Crippen molar-refractivity contribution in [3.8, 4) is 16.9 Å². The van der Waals surface area contributed by atoms with Crippen LogP contribution in [-0.4, -0.2) is 36.0 Å². The van der Waals surface area contributed by atoms with Crippen molar-refractivity contribution in [1.29, 1.82) is 0 Å². The van der Waals surface area contributed by atoms with Gasteiger partial charge in [-0.1, -0.05) is 24.3 Å². The maximum Gasteiger partial charge on any atom is 0.270 e. The van der Waals surface area contributed by atoms with Crippen LogP contribution in [0.3, 0.4) is 0 Å². The first-order chi connectivity index (χ1) is 14.1. The summed E-state index contributed by atoms with van der Waals surface area (Å²) in [5, 5.41) is 26.8. The Balaban J connectivity index is 1.40. The van der Waals surface area contributed by atoms with Gasteiger partial charge in [0.15, 0.2) is 5.13 Å². The summed E-state index contributed by atoms with van der Waals surface area (Å²) in [5.74, 6) is -0.208. The highest BCUT2D eigenvalue weighted by atomic mass is 32.1. The van der Waals surface area contributed by atoms with Crippen LogP contribution in [-0.2, 0) is 11.2 Å². The number of thiazole rings is 1. The number of aromatic nitrogens is 5. The zero-order valence-corrected chi connectivity index (χ0v) is 15.6. The Morgan fingerprint density at radius 3 is 2.76 bits per heavy atom. The van der Waals surface area contributed by atoms with Crippen LogP contribution in [0.4, 0.5) is 10.8 Å². The van der Waals surface area contributed by atoms with Gasteiger partial charge in [0.25, 0.3) is 5.69 Å². The standard InChI is InChI=1S/C18H13N7O3S/c26-17(8-12-4-6-14(7-5-12)24-11-19-22-23-24)21-18-20-16(10-29-18)13-2-1-3-15(9-13)25(27)28/h1-7,9-11H,8H2,(H,20,21,26). The second kappa shape index (κ2) is 7.94. The number of hydrogen-bond donors (Lipinski definition) is 1. The Kier molecular flexibility index (Phi) is 5.03. The van der Waals surface area contributed by atoms with E-state index < -0.39 is 4.92 Å². The number of nitro benzene ring substituents is 1. The second-order valence-corrected chi connectivity index (χ2v) is 6.85. The fourth-order valence-electron chi connectivity index (χ4n) is 2.64. The lowest BCUT2D eigenvalue weighted by Crippen LogP contribution is -2.14. The van der Waals surface area contributed by atoms with Crippen molar-refractivity contribution in [2.75, 3.05) is 5.32 Å². The van der Waals surface area contributed by atoms with Gasteiger partial charge >= 0.3 is 0 Å². The predicted molar refractivity (Wildman–Crippen MR) is 106 cm³/mol. The van der Waals surface area contributed by atoms with E-state index in [1.165, 1.54) is 34.5 Å². The molecule has 0 aliphatic heterocycles. The monoisotopic (exact) mass is 407 g/mol. The summed E-state index contributed by atoms with van der Waals surface area (Å²) in [5.41, 5.74) is 2.80. The summed E-state index contributed by atoms with van der Waals surface area (Å²) in [7, 11) is 0. The van der Waals surface area contributed by atoms with Crippen molar-refractivity contribution in [1.82, 2.24) is 25.2 Å². The lowest BCUT2D eigenvalue weighted by Gasteiger charge is -2.04. The number of hydrogen-bond acceptors (Lipinski definition) is 8. The molecule has 0 spiro atoms. The van der Waals surface area contributed by atoms with Crippen molar-refractivity contribution in [2.45, 2.75) is 6.42 Å². The molecule has 0 aliphatic rings. The van der Waals surface area contributed by atoms with Gasteiger partial charge in [-0.15, -0.1) is 16.4 Å². The first kappa shape index (κ1) is 18.4. The maximum absolute atomic E-state index is 12.3. The third kappa shape index (κ3) is 4.30. The molecule has 144 valence electrons. The number of nitrogens with zero attached hydrogens (tertiary/aromatic N) is 6. The van der Waals surface area contributed by atoms with E-state index in [1.54, 1.807) is 17.5 Å². The maximum atomic E-state index is 12.3. The summed E-state index contributed by atoms with van der Waals surface area (Å²) in [6.45, 7) is 0. The van der Waals surface area contributed by atoms with Crippen molar-refractivity contribution in [3.05, 3.63) is 75.9 Å². The molecule has 0 fully saturated rings. The van der Waals surface area contributed by atoms with Crippen molar-refractivity contribution >= 4 is 28.1 Å². The van der Waals surface area contributed by atoms with E-state index in [-0.39, 0.29) is 18.0 Å². The summed E-state index contributed by atoms with van der Waals surface area (Å²) in [6, 6.07) is 13.5. The van der Waals surface area contributed by atoms with Crippen LogP contribution < -0.4 is 5.32 Å². The van der Waals surface area contributed by atoms with E-state index in [9.17, 15) is 14.9 Å². The van der Waals surface area contributed by atoms with Crippen molar-refractivity contribution in [3.63, 3.8) is 0 Å². The Labute approximate surface area is 168 Å². The van der Waals surface area contributed by atoms with E-state index in [0.29, 0.717) is 16.4 Å². The Morgan fingerprint density at radius 2 is 2.03 bits per heavy atom. The van der Waals surface area contributed by atoms with Crippen LogP contribution in [0.1, 0.15) is 5.56 Å². The van der Waals surface area contributed by atoms with Gasteiger partial charge in [-0.05, 0) is 28.1 Å².